The quantitative estimate of drug-likeness (QED) is 0.605. The number of hydrogen-bond acceptors (Lipinski definition) is 1. The van der Waals surface area contributed by atoms with Crippen LogP contribution in [-0.2, 0) is 0 Å². The van der Waals surface area contributed by atoms with Gasteiger partial charge in [0.2, 0.25) is 0 Å². The zero-order valence-electron chi connectivity index (χ0n) is 12.8. The largest absolute Gasteiger partial charge is 0.289 e. The van der Waals surface area contributed by atoms with E-state index in [4.69, 9.17) is 0 Å². The highest BCUT2D eigenvalue weighted by molar-refractivity contribution is 6.12. The van der Waals surface area contributed by atoms with E-state index in [0.29, 0.717) is 0 Å². The molecule has 108 valence electrons. The van der Waals surface area contributed by atoms with Crippen molar-refractivity contribution in [1.82, 2.24) is 0 Å². The summed E-state index contributed by atoms with van der Waals surface area (Å²) in [6.45, 7) is 4.09. The Bertz CT molecular complexity index is 816. The Balaban J connectivity index is 2.09. The highest BCUT2D eigenvalue weighted by atomic mass is 16.1. The molecule has 0 aliphatic carbocycles. The summed E-state index contributed by atoms with van der Waals surface area (Å²) in [5, 5.41) is 0. The molecule has 0 fully saturated rings. The molecule has 1 heteroatoms. The molecule has 0 spiro atoms. The molecular formula is C21H18O. The standard InChI is InChI=1S/C21H18O/c1-15-12-13-18(14-16(15)2)21(22)20-11-7-6-10-19(20)17-8-4-3-5-9-17/h3-14H,1-2H3. The maximum atomic E-state index is 12.9. The van der Waals surface area contributed by atoms with Crippen molar-refractivity contribution in [2.75, 3.05) is 0 Å². The summed E-state index contributed by atoms with van der Waals surface area (Å²) < 4.78 is 0. The molecule has 3 rings (SSSR count). The van der Waals surface area contributed by atoms with Gasteiger partial charge in [0, 0.05) is 11.1 Å². The fourth-order valence-electron chi connectivity index (χ4n) is 2.59. The van der Waals surface area contributed by atoms with Crippen LogP contribution < -0.4 is 0 Å². The van der Waals surface area contributed by atoms with Crippen molar-refractivity contribution < 1.29 is 4.79 Å². The van der Waals surface area contributed by atoms with Gasteiger partial charge in [0.05, 0.1) is 0 Å². The van der Waals surface area contributed by atoms with E-state index in [1.807, 2.05) is 79.7 Å². The molecule has 0 heterocycles. The van der Waals surface area contributed by atoms with Gasteiger partial charge < -0.3 is 0 Å². The zero-order valence-corrected chi connectivity index (χ0v) is 12.8. The molecular weight excluding hydrogens is 268 g/mol. The molecule has 3 aromatic carbocycles. The van der Waals surface area contributed by atoms with Gasteiger partial charge in [-0.2, -0.15) is 0 Å². The van der Waals surface area contributed by atoms with Gasteiger partial charge in [-0.1, -0.05) is 66.7 Å². The number of carbonyl (C=O) groups is 1. The molecule has 0 N–H and O–H groups in total. The fraction of sp³-hybridized carbons (Fsp3) is 0.0952. The summed E-state index contributed by atoms with van der Waals surface area (Å²) in [4.78, 5) is 12.9. The first-order valence-electron chi connectivity index (χ1n) is 7.43. The minimum atomic E-state index is 0.0718. The van der Waals surface area contributed by atoms with Crippen molar-refractivity contribution in [3.63, 3.8) is 0 Å². The molecule has 0 radical (unpaired) electrons. The van der Waals surface area contributed by atoms with Gasteiger partial charge in [0.25, 0.3) is 0 Å². The lowest BCUT2D eigenvalue weighted by atomic mass is 9.93. The molecule has 0 saturated heterocycles. The van der Waals surface area contributed by atoms with Crippen molar-refractivity contribution in [3.05, 3.63) is 95.1 Å². The Morgan fingerprint density at radius 3 is 2.14 bits per heavy atom. The summed E-state index contributed by atoms with van der Waals surface area (Å²) >= 11 is 0. The lowest BCUT2D eigenvalue weighted by Gasteiger charge is -2.10. The van der Waals surface area contributed by atoms with Crippen LogP contribution in [0.15, 0.2) is 72.8 Å². The number of benzene rings is 3. The van der Waals surface area contributed by atoms with Crippen molar-refractivity contribution in [1.29, 1.82) is 0 Å². The zero-order chi connectivity index (χ0) is 15.5. The average molecular weight is 286 g/mol. The minimum absolute atomic E-state index is 0.0718. The molecule has 0 amide bonds. The summed E-state index contributed by atoms with van der Waals surface area (Å²) in [6.07, 6.45) is 0. The van der Waals surface area contributed by atoms with Crippen LogP contribution in [-0.4, -0.2) is 5.78 Å². The SMILES string of the molecule is Cc1ccc(C(=O)c2ccccc2-c2ccccc2)cc1C. The van der Waals surface area contributed by atoms with E-state index in [1.165, 1.54) is 5.56 Å². The van der Waals surface area contributed by atoms with Crippen LogP contribution in [0.1, 0.15) is 27.0 Å². The maximum absolute atomic E-state index is 12.9. The monoisotopic (exact) mass is 286 g/mol. The van der Waals surface area contributed by atoms with Crippen LogP contribution in [0.2, 0.25) is 0 Å². The van der Waals surface area contributed by atoms with Crippen LogP contribution in [0.5, 0.6) is 0 Å². The van der Waals surface area contributed by atoms with Crippen molar-refractivity contribution in [2.24, 2.45) is 0 Å². The first-order chi connectivity index (χ1) is 10.7. The molecule has 0 atom stereocenters. The van der Waals surface area contributed by atoms with Gasteiger partial charge in [0.15, 0.2) is 5.78 Å². The van der Waals surface area contributed by atoms with Gasteiger partial charge in [0.1, 0.15) is 0 Å². The third-order valence-electron chi connectivity index (χ3n) is 4.03. The number of hydrogen-bond donors (Lipinski definition) is 0. The first-order valence-corrected chi connectivity index (χ1v) is 7.43. The van der Waals surface area contributed by atoms with Gasteiger partial charge in [-0.15, -0.1) is 0 Å². The molecule has 22 heavy (non-hydrogen) atoms. The normalized spacial score (nSPS) is 10.5. The summed E-state index contributed by atoms with van der Waals surface area (Å²) in [5.74, 6) is 0.0718. The molecule has 0 aliphatic heterocycles. The van der Waals surface area contributed by atoms with Crippen LogP contribution in [0.4, 0.5) is 0 Å². The third-order valence-corrected chi connectivity index (χ3v) is 4.03. The Hall–Kier alpha value is -2.67. The van der Waals surface area contributed by atoms with Crippen molar-refractivity contribution in [3.8, 4) is 11.1 Å². The Labute approximate surface area is 131 Å². The van der Waals surface area contributed by atoms with E-state index in [-0.39, 0.29) is 5.78 Å². The van der Waals surface area contributed by atoms with E-state index in [1.54, 1.807) is 0 Å². The maximum Gasteiger partial charge on any atom is 0.193 e. The second-order valence-corrected chi connectivity index (χ2v) is 5.54. The van der Waals surface area contributed by atoms with E-state index in [9.17, 15) is 4.79 Å². The second kappa shape index (κ2) is 5.98. The van der Waals surface area contributed by atoms with Crippen LogP contribution >= 0.6 is 0 Å². The molecule has 0 bridgehead atoms. The highest BCUT2D eigenvalue weighted by Crippen LogP contribution is 2.26. The van der Waals surface area contributed by atoms with E-state index in [2.05, 4.69) is 6.92 Å². The Morgan fingerprint density at radius 1 is 0.727 bits per heavy atom. The second-order valence-electron chi connectivity index (χ2n) is 5.54. The van der Waals surface area contributed by atoms with Crippen LogP contribution in [0.25, 0.3) is 11.1 Å². The smallest absolute Gasteiger partial charge is 0.193 e. The van der Waals surface area contributed by atoms with Gasteiger partial charge >= 0.3 is 0 Å². The van der Waals surface area contributed by atoms with E-state index in [0.717, 1.165) is 27.8 Å². The number of carbonyl (C=O) groups excluding carboxylic acids is 1. The lowest BCUT2D eigenvalue weighted by molar-refractivity contribution is 0.103. The highest BCUT2D eigenvalue weighted by Gasteiger charge is 2.14. The molecule has 3 aromatic rings. The predicted molar refractivity (Wildman–Crippen MR) is 91.2 cm³/mol. The number of aryl methyl sites for hydroxylation is 2. The Kier molecular flexibility index (Phi) is 3.88. The van der Waals surface area contributed by atoms with Gasteiger partial charge in [-0.05, 0) is 42.2 Å². The molecule has 0 unspecified atom stereocenters. The molecule has 0 saturated carbocycles. The molecule has 0 aliphatic rings. The van der Waals surface area contributed by atoms with Crippen molar-refractivity contribution >= 4 is 5.78 Å². The molecule has 0 aromatic heterocycles. The topological polar surface area (TPSA) is 17.1 Å². The fourth-order valence-corrected chi connectivity index (χ4v) is 2.59. The van der Waals surface area contributed by atoms with E-state index < -0.39 is 0 Å². The van der Waals surface area contributed by atoms with Gasteiger partial charge in [-0.25, -0.2) is 0 Å². The van der Waals surface area contributed by atoms with Crippen LogP contribution in [0.3, 0.4) is 0 Å². The summed E-state index contributed by atoms with van der Waals surface area (Å²) in [5.41, 5.74) is 5.88. The average Bonchev–Trinajstić information content (AvgIpc) is 2.57. The minimum Gasteiger partial charge on any atom is -0.289 e. The van der Waals surface area contributed by atoms with E-state index >= 15 is 0 Å². The number of rotatable bonds is 3. The van der Waals surface area contributed by atoms with Crippen molar-refractivity contribution in [2.45, 2.75) is 13.8 Å². The summed E-state index contributed by atoms with van der Waals surface area (Å²) in [7, 11) is 0. The molecule has 1 nitrogen and oxygen atoms in total. The lowest BCUT2D eigenvalue weighted by Crippen LogP contribution is -2.04. The predicted octanol–water partition coefficient (Wildman–Crippen LogP) is 5.20. The van der Waals surface area contributed by atoms with Gasteiger partial charge in [-0.3, -0.25) is 4.79 Å². The summed E-state index contributed by atoms with van der Waals surface area (Å²) in [6, 6.07) is 23.7. The third kappa shape index (κ3) is 2.71. The number of ketones is 1. The van der Waals surface area contributed by atoms with Crippen LogP contribution in [0, 0.1) is 13.8 Å². The first kappa shape index (κ1) is 14.3. The Morgan fingerprint density at radius 2 is 1.41 bits per heavy atom.